The summed E-state index contributed by atoms with van der Waals surface area (Å²) in [5.74, 6) is 2.52. The van der Waals surface area contributed by atoms with Gasteiger partial charge in [0.1, 0.15) is 23.0 Å². The predicted octanol–water partition coefficient (Wildman–Crippen LogP) is 4.91. The molecule has 4 heterocycles. The van der Waals surface area contributed by atoms with Crippen molar-refractivity contribution >= 4 is 45.9 Å². The maximum absolute atomic E-state index is 6.68. The summed E-state index contributed by atoms with van der Waals surface area (Å²) >= 11 is 13.4. The quantitative estimate of drug-likeness (QED) is 0.416. The molecule has 0 spiro atoms. The second kappa shape index (κ2) is 9.23. The summed E-state index contributed by atoms with van der Waals surface area (Å²) < 4.78 is 5.43. The van der Waals surface area contributed by atoms with E-state index in [1.165, 1.54) is 0 Å². The van der Waals surface area contributed by atoms with Gasteiger partial charge in [0.05, 0.1) is 34.3 Å². The number of nitrogens with one attached hydrogen (secondary N) is 2. The molecule has 0 radical (unpaired) electrons. The van der Waals surface area contributed by atoms with E-state index in [9.17, 15) is 0 Å². The van der Waals surface area contributed by atoms with Gasteiger partial charge in [-0.05, 0) is 37.6 Å². The van der Waals surface area contributed by atoms with Gasteiger partial charge in [0, 0.05) is 37.6 Å². The number of ether oxygens (including phenoxy) is 1. The molecule has 0 saturated carbocycles. The highest BCUT2D eigenvalue weighted by Crippen LogP contribution is 2.36. The average molecular weight is 484 g/mol. The van der Waals surface area contributed by atoms with Gasteiger partial charge in [-0.2, -0.15) is 0 Å². The zero-order chi connectivity index (χ0) is 22.9. The molecule has 1 fully saturated rings. The maximum atomic E-state index is 6.68. The van der Waals surface area contributed by atoms with E-state index in [1.54, 1.807) is 6.20 Å². The number of nitrogens with zero attached hydrogens (tertiary/aromatic N) is 5. The fourth-order valence-electron chi connectivity index (χ4n) is 4.01. The Morgan fingerprint density at radius 1 is 1.06 bits per heavy atom. The Hall–Kier alpha value is -2.78. The van der Waals surface area contributed by atoms with Crippen LogP contribution in [0, 0.1) is 13.8 Å². The van der Waals surface area contributed by atoms with Crippen LogP contribution in [0.4, 0.5) is 11.6 Å². The fraction of sp³-hybridized carbons (Fsp3) is 0.304. The third-order valence-corrected chi connectivity index (χ3v) is 6.06. The van der Waals surface area contributed by atoms with Crippen LogP contribution in [0.2, 0.25) is 10.0 Å². The first-order chi connectivity index (χ1) is 16.0. The second-order valence-corrected chi connectivity index (χ2v) is 8.85. The number of aryl methyl sites for hydroxylation is 2. The lowest BCUT2D eigenvalue weighted by atomic mass is 10.1. The van der Waals surface area contributed by atoms with Crippen molar-refractivity contribution in [3.63, 3.8) is 0 Å². The van der Waals surface area contributed by atoms with Crippen LogP contribution < -0.4 is 5.32 Å². The standard InChI is InChI=1S/C23H23Cl2N7O/c1-13-9-19(28-14(2)27-13)30-23-21-18(3-4-26-23)29-22(31-21)20-16(24)10-15(11-17(20)25)12-32-5-7-33-8-6-32/h3-4,9-11H,5-8,12H2,1-2H3,(H,29,31)(H,26,27,28,30). The van der Waals surface area contributed by atoms with Crippen LogP contribution in [0.5, 0.6) is 0 Å². The minimum Gasteiger partial charge on any atom is -0.379 e. The van der Waals surface area contributed by atoms with Gasteiger partial charge >= 0.3 is 0 Å². The molecular formula is C23H23Cl2N7O. The van der Waals surface area contributed by atoms with E-state index in [1.807, 2.05) is 38.1 Å². The van der Waals surface area contributed by atoms with Gasteiger partial charge in [0.15, 0.2) is 5.82 Å². The number of fused-ring (bicyclic) bond motifs is 1. The number of hydrogen-bond acceptors (Lipinski definition) is 7. The number of aromatic amines is 1. The van der Waals surface area contributed by atoms with Gasteiger partial charge in [-0.15, -0.1) is 0 Å². The normalized spacial score (nSPS) is 14.7. The van der Waals surface area contributed by atoms with E-state index in [-0.39, 0.29) is 0 Å². The van der Waals surface area contributed by atoms with E-state index < -0.39 is 0 Å². The lowest BCUT2D eigenvalue weighted by Crippen LogP contribution is -2.35. The largest absolute Gasteiger partial charge is 0.379 e. The molecule has 0 unspecified atom stereocenters. The van der Waals surface area contributed by atoms with Gasteiger partial charge in [0.2, 0.25) is 0 Å². The van der Waals surface area contributed by atoms with Crippen LogP contribution in [0.15, 0.2) is 30.5 Å². The first-order valence-corrected chi connectivity index (χ1v) is 11.4. The van der Waals surface area contributed by atoms with Crippen molar-refractivity contribution in [3.8, 4) is 11.4 Å². The van der Waals surface area contributed by atoms with Gasteiger partial charge in [-0.3, -0.25) is 4.90 Å². The number of anilines is 2. The second-order valence-electron chi connectivity index (χ2n) is 8.03. The monoisotopic (exact) mass is 483 g/mol. The van der Waals surface area contributed by atoms with Crippen molar-refractivity contribution in [2.45, 2.75) is 20.4 Å². The van der Waals surface area contributed by atoms with Crippen LogP contribution in [0.3, 0.4) is 0 Å². The zero-order valence-electron chi connectivity index (χ0n) is 18.3. The van der Waals surface area contributed by atoms with Crippen LogP contribution in [0.25, 0.3) is 22.4 Å². The number of imidazole rings is 1. The van der Waals surface area contributed by atoms with Crippen LogP contribution in [-0.4, -0.2) is 56.1 Å². The fourth-order valence-corrected chi connectivity index (χ4v) is 4.72. The third-order valence-electron chi connectivity index (χ3n) is 5.46. The van der Waals surface area contributed by atoms with Crippen LogP contribution in [-0.2, 0) is 11.3 Å². The Labute approximate surface area is 201 Å². The van der Waals surface area contributed by atoms with E-state index in [0.717, 1.165) is 49.6 Å². The molecule has 0 aliphatic carbocycles. The molecule has 0 atom stereocenters. The molecule has 170 valence electrons. The van der Waals surface area contributed by atoms with E-state index in [2.05, 4.69) is 30.2 Å². The highest BCUT2D eigenvalue weighted by Gasteiger charge is 2.18. The number of aromatic nitrogens is 5. The summed E-state index contributed by atoms with van der Waals surface area (Å²) in [5, 5.41) is 4.35. The molecule has 3 aromatic heterocycles. The molecule has 4 aromatic rings. The average Bonchev–Trinajstić information content (AvgIpc) is 3.18. The van der Waals surface area contributed by atoms with Crippen molar-refractivity contribution in [3.05, 3.63) is 57.6 Å². The minimum absolute atomic E-state index is 0.550. The molecule has 8 nitrogen and oxygen atoms in total. The molecule has 1 aliphatic rings. The van der Waals surface area contributed by atoms with Gasteiger partial charge in [0.25, 0.3) is 0 Å². The molecule has 10 heteroatoms. The lowest BCUT2D eigenvalue weighted by Gasteiger charge is -2.26. The first kappa shape index (κ1) is 22.0. The highest BCUT2D eigenvalue weighted by atomic mass is 35.5. The van der Waals surface area contributed by atoms with Crippen molar-refractivity contribution in [1.82, 2.24) is 29.8 Å². The Kier molecular flexibility index (Phi) is 6.16. The number of benzene rings is 1. The Balaban J connectivity index is 1.47. The molecule has 1 aromatic carbocycles. The summed E-state index contributed by atoms with van der Waals surface area (Å²) in [5.41, 5.74) is 4.08. The van der Waals surface area contributed by atoms with Gasteiger partial charge in [-0.1, -0.05) is 23.2 Å². The molecule has 1 saturated heterocycles. The minimum atomic E-state index is 0.550. The molecule has 1 aliphatic heterocycles. The molecule has 0 bridgehead atoms. The lowest BCUT2D eigenvalue weighted by molar-refractivity contribution is 0.0342. The van der Waals surface area contributed by atoms with Crippen molar-refractivity contribution < 1.29 is 4.74 Å². The molecule has 0 amide bonds. The Morgan fingerprint density at radius 2 is 1.82 bits per heavy atom. The Morgan fingerprint density at radius 3 is 2.55 bits per heavy atom. The van der Waals surface area contributed by atoms with Gasteiger partial charge < -0.3 is 15.0 Å². The molecule has 33 heavy (non-hydrogen) atoms. The first-order valence-electron chi connectivity index (χ1n) is 10.7. The van der Waals surface area contributed by atoms with E-state index >= 15 is 0 Å². The molecular weight excluding hydrogens is 461 g/mol. The van der Waals surface area contributed by atoms with Gasteiger partial charge in [-0.25, -0.2) is 19.9 Å². The number of H-pyrrole nitrogens is 1. The van der Waals surface area contributed by atoms with Crippen LogP contribution >= 0.6 is 23.2 Å². The van der Waals surface area contributed by atoms with E-state index in [0.29, 0.717) is 44.4 Å². The smallest absolute Gasteiger partial charge is 0.159 e. The van der Waals surface area contributed by atoms with E-state index in [4.69, 9.17) is 32.9 Å². The number of halogens is 2. The van der Waals surface area contributed by atoms with Crippen molar-refractivity contribution in [2.24, 2.45) is 0 Å². The number of hydrogen-bond donors (Lipinski definition) is 2. The Bertz CT molecular complexity index is 1270. The summed E-state index contributed by atoms with van der Waals surface area (Å²) in [6.07, 6.45) is 1.71. The molecule has 2 N–H and O–H groups in total. The maximum Gasteiger partial charge on any atom is 0.159 e. The third kappa shape index (κ3) is 4.79. The molecule has 5 rings (SSSR count). The number of morpholine rings is 1. The summed E-state index contributed by atoms with van der Waals surface area (Å²) in [7, 11) is 0. The SMILES string of the molecule is Cc1cc(Nc2nccc3[nH]c(-c4c(Cl)cc(CN5CCOCC5)cc4Cl)nc23)nc(C)n1. The highest BCUT2D eigenvalue weighted by molar-refractivity contribution is 6.39. The zero-order valence-corrected chi connectivity index (χ0v) is 19.8. The topological polar surface area (TPSA) is 91.9 Å². The van der Waals surface area contributed by atoms with Crippen molar-refractivity contribution in [2.75, 3.05) is 31.6 Å². The summed E-state index contributed by atoms with van der Waals surface area (Å²) in [6.45, 7) is 7.84. The predicted molar refractivity (Wildman–Crippen MR) is 130 cm³/mol. The van der Waals surface area contributed by atoms with Crippen LogP contribution in [0.1, 0.15) is 17.1 Å². The van der Waals surface area contributed by atoms with Crippen molar-refractivity contribution in [1.29, 1.82) is 0 Å². The number of rotatable bonds is 5. The summed E-state index contributed by atoms with van der Waals surface area (Å²) in [6, 6.07) is 7.63. The number of pyridine rings is 1. The summed E-state index contributed by atoms with van der Waals surface area (Å²) in [4.78, 5) is 23.6.